The molecule has 102 valence electrons. The summed E-state index contributed by atoms with van der Waals surface area (Å²) in [7, 11) is 1.89. The zero-order valence-corrected chi connectivity index (χ0v) is 11.9. The Labute approximate surface area is 118 Å². The van der Waals surface area contributed by atoms with Gasteiger partial charge in [-0.05, 0) is 37.0 Å². The largest absolute Gasteiger partial charge is 0.341 e. The molecule has 2 heterocycles. The highest BCUT2D eigenvalue weighted by Crippen LogP contribution is 2.34. The lowest BCUT2D eigenvalue weighted by molar-refractivity contribution is -0.135. The van der Waals surface area contributed by atoms with Crippen LogP contribution in [-0.2, 0) is 11.3 Å². The third-order valence-corrected chi connectivity index (χ3v) is 4.58. The van der Waals surface area contributed by atoms with E-state index < -0.39 is 0 Å². The molecule has 2 fully saturated rings. The molecule has 0 aromatic heterocycles. The van der Waals surface area contributed by atoms with Crippen molar-refractivity contribution in [3.05, 3.63) is 34.9 Å². The second-order valence-corrected chi connectivity index (χ2v) is 6.15. The molecule has 3 nitrogen and oxygen atoms in total. The van der Waals surface area contributed by atoms with Gasteiger partial charge in [-0.3, -0.25) is 4.79 Å². The van der Waals surface area contributed by atoms with E-state index in [2.05, 4.69) is 5.32 Å². The minimum Gasteiger partial charge on any atom is -0.341 e. The molecule has 3 rings (SSSR count). The first-order chi connectivity index (χ1) is 9.13. The van der Waals surface area contributed by atoms with Crippen LogP contribution in [0.15, 0.2) is 24.3 Å². The van der Waals surface area contributed by atoms with Gasteiger partial charge in [0.2, 0.25) is 5.91 Å². The van der Waals surface area contributed by atoms with Crippen LogP contribution in [0, 0.1) is 5.92 Å². The SMILES string of the molecule is CN(Cc1ccc(Cl)cc1)C(=O)C1CC2CCC1N2. The van der Waals surface area contributed by atoms with Crippen LogP contribution in [0.2, 0.25) is 5.02 Å². The number of carbonyl (C=O) groups is 1. The lowest BCUT2D eigenvalue weighted by atomic mass is 9.88. The summed E-state index contributed by atoms with van der Waals surface area (Å²) in [5, 5.41) is 4.25. The van der Waals surface area contributed by atoms with Crippen molar-refractivity contribution in [1.29, 1.82) is 0 Å². The lowest BCUT2D eigenvalue weighted by Gasteiger charge is -2.25. The Hall–Kier alpha value is -1.06. The number of carbonyl (C=O) groups excluding carboxylic acids is 1. The third kappa shape index (κ3) is 2.63. The quantitative estimate of drug-likeness (QED) is 0.921. The number of hydrogen-bond donors (Lipinski definition) is 1. The van der Waals surface area contributed by atoms with Crippen LogP contribution >= 0.6 is 11.6 Å². The molecule has 2 aliphatic heterocycles. The first-order valence-electron chi connectivity index (χ1n) is 6.89. The normalized spacial score (nSPS) is 28.6. The van der Waals surface area contributed by atoms with E-state index in [1.165, 1.54) is 6.42 Å². The zero-order chi connectivity index (χ0) is 13.4. The molecule has 2 bridgehead atoms. The molecule has 0 spiro atoms. The maximum Gasteiger partial charge on any atom is 0.227 e. The van der Waals surface area contributed by atoms with Crippen LogP contribution < -0.4 is 5.32 Å². The number of rotatable bonds is 3. The Morgan fingerprint density at radius 3 is 2.68 bits per heavy atom. The third-order valence-electron chi connectivity index (χ3n) is 4.33. The van der Waals surface area contributed by atoms with Crippen molar-refractivity contribution < 1.29 is 4.79 Å². The number of fused-ring (bicyclic) bond motifs is 2. The van der Waals surface area contributed by atoms with E-state index >= 15 is 0 Å². The maximum atomic E-state index is 12.5. The highest BCUT2D eigenvalue weighted by atomic mass is 35.5. The Kier molecular flexibility index (Phi) is 3.50. The average Bonchev–Trinajstić information content (AvgIpc) is 3.03. The van der Waals surface area contributed by atoms with Crippen LogP contribution in [0.3, 0.4) is 0 Å². The van der Waals surface area contributed by atoms with Gasteiger partial charge in [0.15, 0.2) is 0 Å². The summed E-state index contributed by atoms with van der Waals surface area (Å²) in [5.74, 6) is 0.450. The molecule has 1 N–H and O–H groups in total. The Morgan fingerprint density at radius 2 is 2.11 bits per heavy atom. The summed E-state index contributed by atoms with van der Waals surface area (Å²) in [6.07, 6.45) is 3.39. The number of nitrogens with one attached hydrogen (secondary N) is 1. The van der Waals surface area contributed by atoms with Gasteiger partial charge in [0.25, 0.3) is 0 Å². The van der Waals surface area contributed by atoms with Gasteiger partial charge in [-0.15, -0.1) is 0 Å². The highest BCUT2D eigenvalue weighted by molar-refractivity contribution is 6.30. The van der Waals surface area contributed by atoms with Crippen molar-refractivity contribution in [3.63, 3.8) is 0 Å². The fraction of sp³-hybridized carbons (Fsp3) is 0.533. The van der Waals surface area contributed by atoms with E-state index in [4.69, 9.17) is 11.6 Å². The van der Waals surface area contributed by atoms with Gasteiger partial charge in [0.05, 0.1) is 5.92 Å². The monoisotopic (exact) mass is 278 g/mol. The minimum atomic E-state index is 0.177. The van der Waals surface area contributed by atoms with E-state index in [0.717, 1.165) is 23.4 Å². The minimum absolute atomic E-state index is 0.177. The Balaban J connectivity index is 1.62. The first-order valence-corrected chi connectivity index (χ1v) is 7.27. The number of hydrogen-bond acceptors (Lipinski definition) is 2. The van der Waals surface area contributed by atoms with Crippen LogP contribution in [0.4, 0.5) is 0 Å². The topological polar surface area (TPSA) is 32.3 Å². The summed E-state index contributed by atoms with van der Waals surface area (Å²) in [6, 6.07) is 8.67. The van der Waals surface area contributed by atoms with Gasteiger partial charge in [0.1, 0.15) is 0 Å². The Morgan fingerprint density at radius 1 is 1.37 bits per heavy atom. The molecule has 4 heteroatoms. The maximum absolute atomic E-state index is 12.5. The van der Waals surface area contributed by atoms with Crippen molar-refractivity contribution in [3.8, 4) is 0 Å². The average molecular weight is 279 g/mol. The standard InChI is InChI=1S/C15H19ClN2O/c1-18(9-10-2-4-11(16)5-3-10)15(19)13-8-12-6-7-14(13)17-12/h2-5,12-14,17H,6-9H2,1H3. The summed E-state index contributed by atoms with van der Waals surface area (Å²) in [4.78, 5) is 14.3. The van der Waals surface area contributed by atoms with Crippen molar-refractivity contribution in [1.82, 2.24) is 10.2 Å². The van der Waals surface area contributed by atoms with Crippen molar-refractivity contribution >= 4 is 17.5 Å². The van der Waals surface area contributed by atoms with Crippen LogP contribution in [0.1, 0.15) is 24.8 Å². The molecule has 0 saturated carbocycles. The highest BCUT2D eigenvalue weighted by Gasteiger charge is 2.43. The molecule has 2 saturated heterocycles. The lowest BCUT2D eigenvalue weighted by Crippen LogP contribution is -2.38. The van der Waals surface area contributed by atoms with E-state index in [0.29, 0.717) is 18.6 Å². The van der Waals surface area contributed by atoms with Gasteiger partial charge < -0.3 is 10.2 Å². The summed E-state index contributed by atoms with van der Waals surface area (Å²) in [5.41, 5.74) is 1.12. The molecular weight excluding hydrogens is 260 g/mol. The van der Waals surface area contributed by atoms with Gasteiger partial charge in [-0.25, -0.2) is 0 Å². The molecule has 2 aliphatic rings. The predicted octanol–water partition coefficient (Wildman–Crippen LogP) is 2.44. The molecular formula is C15H19ClN2O. The summed E-state index contributed by atoms with van der Waals surface area (Å²) < 4.78 is 0. The van der Waals surface area contributed by atoms with Gasteiger partial charge >= 0.3 is 0 Å². The zero-order valence-electron chi connectivity index (χ0n) is 11.1. The predicted molar refractivity (Wildman–Crippen MR) is 76.0 cm³/mol. The second-order valence-electron chi connectivity index (χ2n) is 5.71. The molecule has 3 unspecified atom stereocenters. The summed E-state index contributed by atoms with van der Waals surface area (Å²) in [6.45, 7) is 0.657. The molecule has 1 amide bonds. The molecule has 0 aliphatic carbocycles. The first kappa shape index (κ1) is 12.9. The fourth-order valence-electron chi connectivity index (χ4n) is 3.32. The molecule has 1 aromatic rings. The smallest absolute Gasteiger partial charge is 0.227 e. The molecule has 3 atom stereocenters. The molecule has 0 radical (unpaired) electrons. The second kappa shape index (κ2) is 5.14. The Bertz CT molecular complexity index is 474. The van der Waals surface area contributed by atoms with Crippen LogP contribution in [0.5, 0.6) is 0 Å². The van der Waals surface area contributed by atoms with Gasteiger partial charge in [-0.1, -0.05) is 23.7 Å². The molecule has 1 aromatic carbocycles. The number of halogens is 1. The number of amides is 1. The van der Waals surface area contributed by atoms with Gasteiger partial charge in [0, 0.05) is 30.7 Å². The number of benzene rings is 1. The van der Waals surface area contributed by atoms with Crippen molar-refractivity contribution in [2.45, 2.75) is 37.9 Å². The van der Waals surface area contributed by atoms with Gasteiger partial charge in [-0.2, -0.15) is 0 Å². The fourth-order valence-corrected chi connectivity index (χ4v) is 3.45. The van der Waals surface area contributed by atoms with E-state index in [-0.39, 0.29) is 11.8 Å². The van der Waals surface area contributed by atoms with E-state index in [1.54, 1.807) is 0 Å². The van der Waals surface area contributed by atoms with Crippen LogP contribution in [0.25, 0.3) is 0 Å². The van der Waals surface area contributed by atoms with Crippen LogP contribution in [-0.4, -0.2) is 29.9 Å². The van der Waals surface area contributed by atoms with Crippen molar-refractivity contribution in [2.75, 3.05) is 7.05 Å². The number of nitrogens with zero attached hydrogens (tertiary/aromatic N) is 1. The molecule has 19 heavy (non-hydrogen) atoms. The van der Waals surface area contributed by atoms with E-state index in [1.807, 2.05) is 36.2 Å². The van der Waals surface area contributed by atoms with E-state index in [9.17, 15) is 4.79 Å². The summed E-state index contributed by atoms with van der Waals surface area (Å²) >= 11 is 5.87. The van der Waals surface area contributed by atoms with Crippen molar-refractivity contribution in [2.24, 2.45) is 5.92 Å².